The Morgan fingerprint density at radius 1 is 1.32 bits per heavy atom. The highest BCUT2D eigenvalue weighted by molar-refractivity contribution is 6.00. The lowest BCUT2D eigenvalue weighted by Gasteiger charge is -2.26. The third kappa shape index (κ3) is 2.97. The van der Waals surface area contributed by atoms with E-state index < -0.39 is 0 Å². The summed E-state index contributed by atoms with van der Waals surface area (Å²) in [5.74, 6) is 1.81. The smallest absolute Gasteiger partial charge is 0.261 e. The van der Waals surface area contributed by atoms with Gasteiger partial charge in [0.2, 0.25) is 0 Å². The molecule has 0 N–H and O–H groups in total. The zero-order valence-corrected chi connectivity index (χ0v) is 15.2. The fourth-order valence-electron chi connectivity index (χ4n) is 3.62. The lowest BCUT2D eigenvalue weighted by Crippen LogP contribution is -2.31. The molecule has 25 heavy (non-hydrogen) atoms. The van der Waals surface area contributed by atoms with Gasteiger partial charge in [0.15, 0.2) is 0 Å². The molecule has 2 heterocycles. The number of hydrogen-bond donors (Lipinski definition) is 0. The van der Waals surface area contributed by atoms with Crippen molar-refractivity contribution < 1.29 is 18.8 Å². The first kappa shape index (κ1) is 17.3. The van der Waals surface area contributed by atoms with E-state index in [1.54, 1.807) is 26.4 Å². The average molecular weight is 344 g/mol. The van der Waals surface area contributed by atoms with Crippen LogP contribution in [0.2, 0.25) is 0 Å². The van der Waals surface area contributed by atoms with Gasteiger partial charge in [-0.15, -0.1) is 0 Å². The van der Waals surface area contributed by atoms with Crippen LogP contribution in [0.25, 0.3) is 0 Å². The van der Waals surface area contributed by atoms with Gasteiger partial charge in [-0.3, -0.25) is 4.79 Å². The fraction of sp³-hybridized carbons (Fsp3) is 0.474. The second-order valence-electron chi connectivity index (χ2n) is 6.15. The summed E-state index contributed by atoms with van der Waals surface area (Å²) in [6.45, 7) is 4.66. The van der Waals surface area contributed by atoms with Crippen LogP contribution in [-0.2, 0) is 6.42 Å². The second-order valence-corrected chi connectivity index (χ2v) is 6.15. The van der Waals surface area contributed by atoms with Crippen LogP contribution in [0.5, 0.6) is 11.5 Å². The van der Waals surface area contributed by atoms with Crippen molar-refractivity contribution in [2.75, 3.05) is 20.8 Å². The van der Waals surface area contributed by atoms with Gasteiger partial charge < -0.3 is 18.9 Å². The van der Waals surface area contributed by atoms with Crippen molar-refractivity contribution in [3.8, 4) is 11.5 Å². The molecule has 2 aromatic rings. The van der Waals surface area contributed by atoms with Crippen LogP contribution < -0.4 is 9.47 Å². The summed E-state index contributed by atoms with van der Waals surface area (Å²) in [7, 11) is 3.12. The van der Waals surface area contributed by atoms with Gasteiger partial charge >= 0.3 is 0 Å². The van der Waals surface area contributed by atoms with Gasteiger partial charge in [0.25, 0.3) is 5.91 Å². The maximum atomic E-state index is 13.3. The van der Waals surface area contributed by atoms with Gasteiger partial charge in [0.05, 0.1) is 26.0 Å². The van der Waals surface area contributed by atoms with Crippen LogP contribution >= 0.6 is 0 Å². The Bertz CT molecular complexity index is 747. The van der Waals surface area contributed by atoms with Crippen molar-refractivity contribution in [2.45, 2.75) is 39.2 Å². The number of aryl methyl sites for hydroxylation is 2. The SMILES string of the molecule is CCc1onc(C)c1C1CCCN1C(=O)c1c(OC)cccc1OC. The van der Waals surface area contributed by atoms with Gasteiger partial charge in [-0.05, 0) is 31.9 Å². The van der Waals surface area contributed by atoms with E-state index in [2.05, 4.69) is 5.16 Å². The molecule has 3 rings (SSSR count). The standard InChI is InChI=1S/C19H24N2O4/c1-5-14-17(12(2)20-25-14)13-8-7-11-21(13)19(22)18-15(23-3)9-6-10-16(18)24-4/h6,9-10,13H,5,7-8,11H2,1-4H3. The maximum absolute atomic E-state index is 13.3. The van der Waals surface area contributed by atoms with E-state index in [-0.39, 0.29) is 11.9 Å². The maximum Gasteiger partial charge on any atom is 0.261 e. The van der Waals surface area contributed by atoms with Gasteiger partial charge in [-0.25, -0.2) is 0 Å². The molecule has 1 aliphatic heterocycles. The number of amides is 1. The summed E-state index contributed by atoms with van der Waals surface area (Å²) in [6.07, 6.45) is 2.60. The molecule has 6 nitrogen and oxygen atoms in total. The summed E-state index contributed by atoms with van der Waals surface area (Å²) in [4.78, 5) is 15.2. The number of methoxy groups -OCH3 is 2. The molecule has 1 aromatic heterocycles. The number of carbonyl (C=O) groups is 1. The third-order valence-electron chi connectivity index (χ3n) is 4.79. The Kier molecular flexibility index (Phi) is 4.97. The lowest BCUT2D eigenvalue weighted by molar-refractivity contribution is 0.0727. The number of benzene rings is 1. The molecule has 134 valence electrons. The minimum atomic E-state index is -0.0838. The molecule has 1 fully saturated rings. The number of rotatable bonds is 5. The first-order valence-corrected chi connectivity index (χ1v) is 8.59. The van der Waals surface area contributed by atoms with Crippen LogP contribution in [0.1, 0.15) is 53.2 Å². The van der Waals surface area contributed by atoms with E-state index in [1.165, 1.54) is 0 Å². The normalized spacial score (nSPS) is 17.0. The number of aromatic nitrogens is 1. The summed E-state index contributed by atoms with van der Waals surface area (Å²) in [6, 6.07) is 5.35. The molecular weight excluding hydrogens is 320 g/mol. The van der Waals surface area contributed by atoms with Crippen molar-refractivity contribution in [3.05, 3.63) is 40.8 Å². The minimum absolute atomic E-state index is 0.0247. The second kappa shape index (κ2) is 7.17. The summed E-state index contributed by atoms with van der Waals surface area (Å²) < 4.78 is 16.3. The number of hydrogen-bond acceptors (Lipinski definition) is 5. The zero-order valence-electron chi connectivity index (χ0n) is 15.2. The number of likely N-dealkylation sites (tertiary alicyclic amines) is 1. The van der Waals surface area contributed by atoms with Gasteiger partial charge in [0.1, 0.15) is 22.8 Å². The quantitative estimate of drug-likeness (QED) is 0.830. The average Bonchev–Trinajstić information content (AvgIpc) is 3.25. The van der Waals surface area contributed by atoms with E-state index in [0.29, 0.717) is 23.6 Å². The Morgan fingerprint density at radius 2 is 2.00 bits per heavy atom. The highest BCUT2D eigenvalue weighted by atomic mass is 16.5. The highest BCUT2D eigenvalue weighted by Gasteiger charge is 2.36. The molecule has 6 heteroatoms. The Balaban J connectivity index is 2.01. The van der Waals surface area contributed by atoms with E-state index in [0.717, 1.165) is 36.3 Å². The molecule has 1 unspecified atom stereocenters. The van der Waals surface area contributed by atoms with Gasteiger partial charge in [0, 0.05) is 18.5 Å². The number of nitrogens with zero attached hydrogens (tertiary/aromatic N) is 2. The third-order valence-corrected chi connectivity index (χ3v) is 4.79. The first-order valence-electron chi connectivity index (χ1n) is 8.59. The molecule has 0 bridgehead atoms. The largest absolute Gasteiger partial charge is 0.496 e. The minimum Gasteiger partial charge on any atom is -0.496 e. The van der Waals surface area contributed by atoms with Crippen LogP contribution in [0.4, 0.5) is 0 Å². The fourth-order valence-corrected chi connectivity index (χ4v) is 3.62. The van der Waals surface area contributed by atoms with Crippen molar-refractivity contribution in [2.24, 2.45) is 0 Å². The van der Waals surface area contributed by atoms with Crippen LogP contribution in [0.3, 0.4) is 0 Å². The molecule has 1 amide bonds. The Labute approximate surface area is 147 Å². The van der Waals surface area contributed by atoms with Crippen molar-refractivity contribution in [1.29, 1.82) is 0 Å². The van der Waals surface area contributed by atoms with Crippen molar-refractivity contribution in [1.82, 2.24) is 10.1 Å². The topological polar surface area (TPSA) is 64.8 Å². The summed E-state index contributed by atoms with van der Waals surface area (Å²) in [5.41, 5.74) is 2.36. The van der Waals surface area contributed by atoms with Crippen molar-refractivity contribution in [3.63, 3.8) is 0 Å². The lowest BCUT2D eigenvalue weighted by atomic mass is 10.0. The Morgan fingerprint density at radius 3 is 2.60 bits per heavy atom. The summed E-state index contributed by atoms with van der Waals surface area (Å²) in [5, 5.41) is 4.10. The monoisotopic (exact) mass is 344 g/mol. The van der Waals surface area contributed by atoms with Gasteiger partial charge in [-0.1, -0.05) is 18.1 Å². The molecule has 0 radical (unpaired) electrons. The zero-order chi connectivity index (χ0) is 18.0. The van der Waals surface area contributed by atoms with Crippen molar-refractivity contribution >= 4 is 5.91 Å². The molecular formula is C19H24N2O4. The molecule has 1 atom stereocenters. The predicted octanol–water partition coefficient (Wildman–Crippen LogP) is 3.54. The van der Waals surface area contributed by atoms with Crippen LogP contribution in [0.15, 0.2) is 22.7 Å². The van der Waals surface area contributed by atoms with Crippen LogP contribution in [-0.4, -0.2) is 36.7 Å². The Hall–Kier alpha value is -2.50. The molecule has 1 aliphatic rings. The first-order chi connectivity index (χ1) is 12.1. The molecule has 0 saturated carbocycles. The van der Waals surface area contributed by atoms with E-state index in [4.69, 9.17) is 14.0 Å². The number of ether oxygens (including phenoxy) is 2. The highest BCUT2D eigenvalue weighted by Crippen LogP contribution is 2.39. The molecule has 1 aromatic carbocycles. The van der Waals surface area contributed by atoms with E-state index in [9.17, 15) is 4.79 Å². The molecule has 0 aliphatic carbocycles. The summed E-state index contributed by atoms with van der Waals surface area (Å²) >= 11 is 0. The van der Waals surface area contributed by atoms with E-state index in [1.807, 2.05) is 24.8 Å². The number of carbonyl (C=O) groups excluding carboxylic acids is 1. The van der Waals surface area contributed by atoms with Gasteiger partial charge in [-0.2, -0.15) is 0 Å². The predicted molar refractivity (Wildman–Crippen MR) is 93.2 cm³/mol. The van der Waals surface area contributed by atoms with E-state index >= 15 is 0 Å². The van der Waals surface area contributed by atoms with Crippen LogP contribution in [0, 0.1) is 6.92 Å². The molecule has 0 spiro atoms. The molecule has 1 saturated heterocycles.